The number of carbonyl (C=O) groups is 1. The molecule has 94 valence electrons. The zero-order chi connectivity index (χ0) is 12.1. The van der Waals surface area contributed by atoms with Crippen molar-refractivity contribution in [1.29, 1.82) is 0 Å². The third-order valence-corrected chi connectivity index (χ3v) is 3.69. The number of allylic oxidation sites excluding steroid dienone is 3. The van der Waals surface area contributed by atoms with Crippen LogP contribution in [-0.4, -0.2) is 12.6 Å². The molecular weight excluding hydrogens is 212 g/mol. The molecule has 2 unspecified atom stereocenters. The van der Waals surface area contributed by atoms with Gasteiger partial charge in [-0.15, -0.1) is 0 Å². The first-order valence-corrected chi connectivity index (χ1v) is 6.85. The zero-order valence-electron chi connectivity index (χ0n) is 10.7. The molecule has 0 aromatic rings. The zero-order valence-corrected chi connectivity index (χ0v) is 10.7. The predicted octanol–water partition coefficient (Wildman–Crippen LogP) is 3.63. The molecule has 0 aliphatic heterocycles. The van der Waals surface area contributed by atoms with E-state index in [4.69, 9.17) is 4.74 Å². The van der Waals surface area contributed by atoms with Gasteiger partial charge in [-0.1, -0.05) is 43.9 Å². The number of carbonyl (C=O) groups excluding carboxylic acids is 1. The van der Waals surface area contributed by atoms with Gasteiger partial charge >= 0.3 is 5.97 Å². The number of esters is 1. The SMILES string of the molecule is CCCCCCOC(=O)/C=C1\CC2C=CC1C2. The Morgan fingerprint density at radius 3 is 2.94 bits per heavy atom. The molecule has 1 fully saturated rings. The fourth-order valence-electron chi connectivity index (χ4n) is 2.72. The second kappa shape index (κ2) is 6.04. The van der Waals surface area contributed by atoms with Crippen LogP contribution in [0.15, 0.2) is 23.8 Å². The minimum Gasteiger partial charge on any atom is -0.463 e. The van der Waals surface area contributed by atoms with Crippen LogP contribution >= 0.6 is 0 Å². The molecule has 0 radical (unpaired) electrons. The highest BCUT2D eigenvalue weighted by Gasteiger charge is 2.31. The molecule has 2 rings (SSSR count). The maximum Gasteiger partial charge on any atom is 0.330 e. The van der Waals surface area contributed by atoms with E-state index in [0.29, 0.717) is 18.4 Å². The van der Waals surface area contributed by atoms with Gasteiger partial charge < -0.3 is 4.74 Å². The summed E-state index contributed by atoms with van der Waals surface area (Å²) in [5.74, 6) is 1.06. The Labute approximate surface area is 104 Å². The second-order valence-corrected chi connectivity index (χ2v) is 5.14. The van der Waals surface area contributed by atoms with Crippen molar-refractivity contribution in [3.8, 4) is 0 Å². The van der Waals surface area contributed by atoms with Gasteiger partial charge in [0, 0.05) is 6.08 Å². The van der Waals surface area contributed by atoms with E-state index in [2.05, 4.69) is 19.1 Å². The topological polar surface area (TPSA) is 26.3 Å². The summed E-state index contributed by atoms with van der Waals surface area (Å²) in [6, 6.07) is 0. The van der Waals surface area contributed by atoms with Crippen molar-refractivity contribution in [1.82, 2.24) is 0 Å². The standard InChI is InChI=1S/C15H22O2/c1-2-3-4-5-8-17-15(16)11-14-10-12-6-7-13(14)9-12/h6-7,11-13H,2-5,8-10H2,1H3/b14-11+. The summed E-state index contributed by atoms with van der Waals surface area (Å²) in [5.41, 5.74) is 1.27. The second-order valence-electron chi connectivity index (χ2n) is 5.14. The van der Waals surface area contributed by atoms with E-state index in [-0.39, 0.29) is 5.97 Å². The summed E-state index contributed by atoms with van der Waals surface area (Å²) < 4.78 is 5.22. The quantitative estimate of drug-likeness (QED) is 0.303. The Balaban J connectivity index is 1.67. The third kappa shape index (κ3) is 3.45. The molecule has 0 N–H and O–H groups in total. The number of hydrogen-bond donors (Lipinski definition) is 0. The van der Waals surface area contributed by atoms with E-state index in [1.807, 2.05) is 0 Å². The van der Waals surface area contributed by atoms with Crippen molar-refractivity contribution >= 4 is 5.97 Å². The first kappa shape index (κ1) is 12.4. The van der Waals surface area contributed by atoms with Gasteiger partial charge in [0.1, 0.15) is 0 Å². The fourth-order valence-corrected chi connectivity index (χ4v) is 2.72. The smallest absolute Gasteiger partial charge is 0.330 e. The minimum absolute atomic E-state index is 0.141. The Hall–Kier alpha value is -1.05. The van der Waals surface area contributed by atoms with Crippen LogP contribution in [0.5, 0.6) is 0 Å². The summed E-state index contributed by atoms with van der Waals surface area (Å²) >= 11 is 0. The van der Waals surface area contributed by atoms with Gasteiger partial charge in [-0.25, -0.2) is 4.79 Å². The summed E-state index contributed by atoms with van der Waals surface area (Å²) in [4.78, 5) is 11.6. The lowest BCUT2D eigenvalue weighted by atomic mass is 10.0. The van der Waals surface area contributed by atoms with E-state index >= 15 is 0 Å². The summed E-state index contributed by atoms with van der Waals surface area (Å²) in [6.07, 6.45) is 13.1. The molecule has 2 heteroatoms. The Kier molecular flexibility index (Phi) is 4.41. The highest BCUT2D eigenvalue weighted by Crippen LogP contribution is 2.42. The molecule has 2 aliphatic carbocycles. The number of ether oxygens (including phenoxy) is 1. The van der Waals surface area contributed by atoms with Gasteiger partial charge in [0.25, 0.3) is 0 Å². The lowest BCUT2D eigenvalue weighted by molar-refractivity contribution is -0.137. The number of fused-ring (bicyclic) bond motifs is 2. The first-order valence-electron chi connectivity index (χ1n) is 6.85. The average Bonchev–Trinajstić information content (AvgIpc) is 2.90. The van der Waals surface area contributed by atoms with Crippen LogP contribution in [-0.2, 0) is 9.53 Å². The molecule has 2 aliphatic rings. The van der Waals surface area contributed by atoms with E-state index in [1.165, 1.54) is 24.8 Å². The van der Waals surface area contributed by atoms with E-state index in [0.717, 1.165) is 19.3 Å². The van der Waals surface area contributed by atoms with Crippen molar-refractivity contribution in [3.63, 3.8) is 0 Å². The molecule has 2 bridgehead atoms. The van der Waals surface area contributed by atoms with Crippen molar-refractivity contribution in [2.75, 3.05) is 6.61 Å². The Morgan fingerprint density at radius 1 is 1.41 bits per heavy atom. The first-order chi connectivity index (χ1) is 8.29. The predicted molar refractivity (Wildman–Crippen MR) is 68.5 cm³/mol. The van der Waals surface area contributed by atoms with Crippen LogP contribution in [0.25, 0.3) is 0 Å². The van der Waals surface area contributed by atoms with Gasteiger partial charge in [-0.2, -0.15) is 0 Å². The lowest BCUT2D eigenvalue weighted by Crippen LogP contribution is -2.05. The third-order valence-electron chi connectivity index (χ3n) is 3.69. The largest absolute Gasteiger partial charge is 0.463 e. The average molecular weight is 234 g/mol. The van der Waals surface area contributed by atoms with Crippen molar-refractivity contribution in [2.45, 2.75) is 45.4 Å². The van der Waals surface area contributed by atoms with Crippen LogP contribution in [0.4, 0.5) is 0 Å². The molecule has 0 saturated heterocycles. The van der Waals surface area contributed by atoms with Gasteiger partial charge in [-0.3, -0.25) is 0 Å². The van der Waals surface area contributed by atoms with Gasteiger partial charge in [-0.05, 0) is 31.1 Å². The number of unbranched alkanes of at least 4 members (excludes halogenated alkanes) is 3. The highest BCUT2D eigenvalue weighted by molar-refractivity contribution is 5.83. The van der Waals surface area contributed by atoms with Gasteiger partial charge in [0.2, 0.25) is 0 Å². The molecule has 2 nitrogen and oxygen atoms in total. The minimum atomic E-state index is -0.141. The van der Waals surface area contributed by atoms with Crippen molar-refractivity contribution < 1.29 is 9.53 Å². The van der Waals surface area contributed by atoms with E-state index in [1.54, 1.807) is 6.08 Å². The van der Waals surface area contributed by atoms with Crippen LogP contribution in [0.2, 0.25) is 0 Å². The van der Waals surface area contributed by atoms with Crippen LogP contribution in [0.3, 0.4) is 0 Å². The summed E-state index contributed by atoms with van der Waals surface area (Å²) in [5, 5.41) is 0. The van der Waals surface area contributed by atoms with Gasteiger partial charge in [0.05, 0.1) is 6.61 Å². The highest BCUT2D eigenvalue weighted by atomic mass is 16.5. The van der Waals surface area contributed by atoms with E-state index < -0.39 is 0 Å². The monoisotopic (exact) mass is 234 g/mol. The molecule has 1 saturated carbocycles. The van der Waals surface area contributed by atoms with E-state index in [9.17, 15) is 4.79 Å². The normalized spacial score (nSPS) is 27.9. The molecule has 0 aromatic heterocycles. The molecule has 2 atom stereocenters. The lowest BCUT2D eigenvalue weighted by Gasteiger charge is -2.08. The Morgan fingerprint density at radius 2 is 2.29 bits per heavy atom. The van der Waals surface area contributed by atoms with Crippen LogP contribution in [0.1, 0.15) is 45.4 Å². The molecule has 0 spiro atoms. The fraction of sp³-hybridized carbons (Fsp3) is 0.667. The number of hydrogen-bond acceptors (Lipinski definition) is 2. The molecule has 0 amide bonds. The Bertz CT molecular complexity index is 328. The van der Waals surface area contributed by atoms with Crippen LogP contribution < -0.4 is 0 Å². The van der Waals surface area contributed by atoms with Crippen molar-refractivity contribution in [2.24, 2.45) is 11.8 Å². The molecule has 0 heterocycles. The summed E-state index contributed by atoms with van der Waals surface area (Å²) in [7, 11) is 0. The summed E-state index contributed by atoms with van der Waals surface area (Å²) in [6.45, 7) is 2.76. The maximum absolute atomic E-state index is 11.6. The van der Waals surface area contributed by atoms with Crippen LogP contribution in [0, 0.1) is 11.8 Å². The maximum atomic E-state index is 11.6. The van der Waals surface area contributed by atoms with Crippen molar-refractivity contribution in [3.05, 3.63) is 23.8 Å². The van der Waals surface area contributed by atoms with Gasteiger partial charge in [0.15, 0.2) is 0 Å². The molecule has 17 heavy (non-hydrogen) atoms. The number of rotatable bonds is 6. The molecule has 0 aromatic carbocycles. The molecular formula is C15H22O2.